The fourth-order valence-electron chi connectivity index (χ4n) is 3.39. The van der Waals surface area contributed by atoms with Gasteiger partial charge in [0.05, 0.1) is 5.92 Å². The number of fused-ring (bicyclic) bond motifs is 2. The van der Waals surface area contributed by atoms with Crippen molar-refractivity contribution in [2.75, 3.05) is 0 Å². The van der Waals surface area contributed by atoms with Crippen molar-refractivity contribution in [3.8, 4) is 0 Å². The Morgan fingerprint density at radius 3 is 2.54 bits per heavy atom. The number of oxazole rings is 2. The van der Waals surface area contributed by atoms with Gasteiger partial charge in [0.25, 0.3) is 0 Å². The smallest absolute Gasteiger partial charge is 0.203 e. The quantitative estimate of drug-likeness (QED) is 0.556. The van der Waals surface area contributed by atoms with E-state index < -0.39 is 0 Å². The van der Waals surface area contributed by atoms with Crippen LogP contribution in [0.5, 0.6) is 0 Å². The molecule has 4 rings (SSSR count). The first kappa shape index (κ1) is 17.1. The van der Waals surface area contributed by atoms with E-state index in [1.165, 1.54) is 5.56 Å². The van der Waals surface area contributed by atoms with Crippen molar-refractivity contribution >= 4 is 17.2 Å². The van der Waals surface area contributed by atoms with Crippen molar-refractivity contribution in [1.29, 1.82) is 0 Å². The van der Waals surface area contributed by atoms with Crippen LogP contribution in [0.4, 0.5) is 0 Å². The third-order valence-corrected chi connectivity index (χ3v) is 5.12. The molecule has 2 aromatic heterocycles. The predicted molar refractivity (Wildman–Crippen MR) is 103 cm³/mol. The summed E-state index contributed by atoms with van der Waals surface area (Å²) in [6, 6.07) is 6.28. The molecule has 0 saturated carbocycles. The van der Waals surface area contributed by atoms with Crippen LogP contribution >= 0.6 is 0 Å². The molecular formula is C22H26N2O2. The summed E-state index contributed by atoms with van der Waals surface area (Å²) in [4.78, 5) is 9.41. The Balaban J connectivity index is 1.71. The highest BCUT2D eigenvalue weighted by Gasteiger charge is 2.33. The molecule has 0 amide bonds. The van der Waals surface area contributed by atoms with Crippen LogP contribution in [0.25, 0.3) is 17.2 Å². The van der Waals surface area contributed by atoms with E-state index in [2.05, 4.69) is 64.7 Å². The van der Waals surface area contributed by atoms with Gasteiger partial charge in [-0.3, -0.25) is 0 Å². The molecule has 0 spiro atoms. The normalized spacial score (nSPS) is 20.1. The van der Waals surface area contributed by atoms with Gasteiger partial charge in [0.1, 0.15) is 17.0 Å². The Kier molecular flexibility index (Phi) is 3.83. The van der Waals surface area contributed by atoms with Crippen LogP contribution in [0.15, 0.2) is 33.1 Å². The van der Waals surface area contributed by atoms with Gasteiger partial charge in [0.2, 0.25) is 5.89 Å². The van der Waals surface area contributed by atoms with Gasteiger partial charge in [0, 0.05) is 11.3 Å². The molecule has 3 aromatic rings. The third-order valence-electron chi connectivity index (χ3n) is 5.12. The van der Waals surface area contributed by atoms with Crippen LogP contribution < -0.4 is 0 Å². The minimum absolute atomic E-state index is 0.0539. The van der Waals surface area contributed by atoms with Crippen molar-refractivity contribution < 1.29 is 8.83 Å². The maximum Gasteiger partial charge on any atom is 0.203 e. The van der Waals surface area contributed by atoms with Gasteiger partial charge in [0.15, 0.2) is 11.5 Å². The van der Waals surface area contributed by atoms with Gasteiger partial charge in [-0.25, -0.2) is 9.97 Å². The fourth-order valence-corrected chi connectivity index (χ4v) is 3.39. The van der Waals surface area contributed by atoms with E-state index in [9.17, 15) is 0 Å². The zero-order valence-corrected chi connectivity index (χ0v) is 16.3. The Morgan fingerprint density at radius 1 is 1.08 bits per heavy atom. The fraction of sp³-hybridized carbons (Fsp3) is 0.455. The largest absolute Gasteiger partial charge is 0.444 e. The first-order valence-electron chi connectivity index (χ1n) is 9.34. The lowest BCUT2D eigenvalue weighted by molar-refractivity contribution is 0.347. The Bertz CT molecular complexity index is 985. The summed E-state index contributed by atoms with van der Waals surface area (Å²) < 4.78 is 12.3. The minimum Gasteiger partial charge on any atom is -0.444 e. The highest BCUT2D eigenvalue weighted by molar-refractivity contribution is 5.74. The molecule has 2 atom stereocenters. The van der Waals surface area contributed by atoms with Gasteiger partial charge in [-0.15, -0.1) is 0 Å². The minimum atomic E-state index is -0.106. The molecule has 0 bridgehead atoms. The molecule has 136 valence electrons. The van der Waals surface area contributed by atoms with Crippen molar-refractivity contribution in [2.45, 2.75) is 64.7 Å². The first-order valence-corrected chi connectivity index (χ1v) is 9.34. The lowest BCUT2D eigenvalue weighted by Crippen LogP contribution is -2.11. The summed E-state index contributed by atoms with van der Waals surface area (Å²) in [5.74, 6) is 3.10. The second-order valence-corrected chi connectivity index (χ2v) is 8.63. The Hall–Kier alpha value is -2.36. The van der Waals surface area contributed by atoms with E-state index in [1.54, 1.807) is 0 Å². The van der Waals surface area contributed by atoms with E-state index in [1.807, 2.05) is 12.1 Å². The zero-order chi connectivity index (χ0) is 18.6. The topological polar surface area (TPSA) is 52.1 Å². The number of hydrogen-bond acceptors (Lipinski definition) is 4. The summed E-state index contributed by atoms with van der Waals surface area (Å²) in [6.07, 6.45) is 4.17. The van der Waals surface area contributed by atoms with Crippen LogP contribution in [0.1, 0.15) is 88.1 Å². The molecule has 0 saturated heterocycles. The van der Waals surface area contributed by atoms with Crippen molar-refractivity contribution in [3.05, 3.63) is 53.1 Å². The van der Waals surface area contributed by atoms with Crippen LogP contribution in [-0.2, 0) is 5.41 Å². The number of hydrogen-bond donors (Lipinski definition) is 0. The zero-order valence-electron chi connectivity index (χ0n) is 16.3. The lowest BCUT2D eigenvalue weighted by atomic mass is 9.86. The molecule has 0 aliphatic heterocycles. The van der Waals surface area contributed by atoms with E-state index in [0.29, 0.717) is 5.92 Å². The highest BCUT2D eigenvalue weighted by atomic mass is 16.4. The lowest BCUT2D eigenvalue weighted by Gasteiger charge is -2.19. The predicted octanol–water partition coefficient (Wildman–Crippen LogP) is 6.15. The van der Waals surface area contributed by atoms with Crippen molar-refractivity contribution in [3.63, 3.8) is 0 Å². The number of allylic oxidation sites excluding steroid dienone is 1. The van der Waals surface area contributed by atoms with Crippen molar-refractivity contribution in [2.24, 2.45) is 0 Å². The number of benzene rings is 1. The Labute approximate surface area is 154 Å². The second-order valence-electron chi connectivity index (χ2n) is 8.63. The van der Waals surface area contributed by atoms with Gasteiger partial charge >= 0.3 is 0 Å². The van der Waals surface area contributed by atoms with Crippen LogP contribution in [-0.4, -0.2) is 9.97 Å². The standard InChI is InChI=1S/C22H26N2O2/c1-12(2)14-7-9-16-18(11-14)25-20(23-16)15-8-10-17-19(13(15)3)26-21(24-17)22(4,5)6/h7-13,15H,1-6H3. The maximum atomic E-state index is 6.13. The molecule has 1 aliphatic rings. The molecule has 0 radical (unpaired) electrons. The SMILES string of the molecule is CC(C)c1ccc2nc(C3C=Cc4nc(C(C)(C)C)oc4C3C)oc2c1. The highest BCUT2D eigenvalue weighted by Crippen LogP contribution is 2.42. The molecule has 4 heteroatoms. The van der Waals surface area contributed by atoms with E-state index in [0.717, 1.165) is 34.3 Å². The van der Waals surface area contributed by atoms with E-state index in [4.69, 9.17) is 13.8 Å². The van der Waals surface area contributed by atoms with E-state index in [-0.39, 0.29) is 17.3 Å². The molecule has 0 fully saturated rings. The summed E-state index contributed by atoms with van der Waals surface area (Å²) in [5.41, 5.74) is 3.84. The molecule has 2 heterocycles. The summed E-state index contributed by atoms with van der Waals surface area (Å²) in [5, 5.41) is 0. The monoisotopic (exact) mass is 350 g/mol. The molecule has 4 nitrogen and oxygen atoms in total. The van der Waals surface area contributed by atoms with Crippen LogP contribution in [0.2, 0.25) is 0 Å². The first-order chi connectivity index (χ1) is 12.2. The number of rotatable bonds is 2. The molecule has 0 N–H and O–H groups in total. The third kappa shape index (κ3) is 2.77. The molecule has 26 heavy (non-hydrogen) atoms. The average Bonchev–Trinajstić information content (AvgIpc) is 3.18. The molecule has 1 aliphatic carbocycles. The Morgan fingerprint density at radius 2 is 1.85 bits per heavy atom. The van der Waals surface area contributed by atoms with Gasteiger partial charge in [-0.2, -0.15) is 0 Å². The summed E-state index contributed by atoms with van der Waals surface area (Å²) in [6.45, 7) is 12.9. The summed E-state index contributed by atoms with van der Waals surface area (Å²) >= 11 is 0. The molecule has 2 unspecified atom stereocenters. The van der Waals surface area contributed by atoms with Gasteiger partial charge in [-0.1, -0.05) is 53.7 Å². The molecular weight excluding hydrogens is 324 g/mol. The van der Waals surface area contributed by atoms with Crippen LogP contribution in [0, 0.1) is 0 Å². The average molecular weight is 350 g/mol. The number of nitrogens with zero attached hydrogens (tertiary/aromatic N) is 2. The number of aromatic nitrogens is 2. The van der Waals surface area contributed by atoms with Gasteiger partial charge < -0.3 is 8.83 Å². The molecule has 1 aromatic carbocycles. The second kappa shape index (κ2) is 5.83. The van der Waals surface area contributed by atoms with Gasteiger partial charge in [-0.05, 0) is 29.7 Å². The van der Waals surface area contributed by atoms with Crippen molar-refractivity contribution in [1.82, 2.24) is 9.97 Å². The van der Waals surface area contributed by atoms with E-state index >= 15 is 0 Å². The maximum absolute atomic E-state index is 6.13. The van der Waals surface area contributed by atoms with Crippen LogP contribution in [0.3, 0.4) is 0 Å². The summed E-state index contributed by atoms with van der Waals surface area (Å²) in [7, 11) is 0.